The summed E-state index contributed by atoms with van der Waals surface area (Å²) < 4.78 is 9.80. The molecule has 1 aliphatic rings. The number of methoxy groups -OCH3 is 1. The zero-order valence-corrected chi connectivity index (χ0v) is 7.92. The van der Waals surface area contributed by atoms with Crippen molar-refractivity contribution < 1.29 is 14.3 Å². The van der Waals surface area contributed by atoms with E-state index < -0.39 is 0 Å². The molecule has 3 nitrogen and oxygen atoms in total. The summed E-state index contributed by atoms with van der Waals surface area (Å²) in [6.45, 7) is 5.25. The van der Waals surface area contributed by atoms with Crippen LogP contribution in [-0.2, 0) is 14.3 Å². The molecule has 0 amide bonds. The van der Waals surface area contributed by atoms with Gasteiger partial charge in [-0.2, -0.15) is 0 Å². The average Bonchev–Trinajstić information content (AvgIpc) is 1.95. The van der Waals surface area contributed by atoms with E-state index in [9.17, 15) is 4.79 Å². The van der Waals surface area contributed by atoms with Crippen molar-refractivity contribution in [1.29, 1.82) is 0 Å². The van der Waals surface area contributed by atoms with Crippen LogP contribution in [0.2, 0.25) is 0 Å². The van der Waals surface area contributed by atoms with Gasteiger partial charge in [0, 0.05) is 0 Å². The van der Waals surface area contributed by atoms with E-state index in [0.717, 1.165) is 6.42 Å². The van der Waals surface area contributed by atoms with Crippen LogP contribution in [0.1, 0.15) is 20.3 Å². The van der Waals surface area contributed by atoms with Crippen molar-refractivity contribution >= 4 is 5.97 Å². The molecule has 0 aliphatic carbocycles. The molecule has 0 unspecified atom stereocenters. The predicted octanol–water partition coefficient (Wildman–Crippen LogP) is 1.22. The minimum absolute atomic E-state index is 0.123. The third-order valence-corrected chi connectivity index (χ3v) is 2.17. The molecule has 0 aromatic heterocycles. The van der Waals surface area contributed by atoms with Crippen molar-refractivity contribution in [1.82, 2.24) is 0 Å². The Kier molecular flexibility index (Phi) is 2.73. The quantitative estimate of drug-likeness (QED) is 0.600. The molecule has 1 rings (SSSR count). The Morgan fingerprint density at radius 1 is 1.58 bits per heavy atom. The van der Waals surface area contributed by atoms with Gasteiger partial charge in [-0.05, 0) is 12.3 Å². The molecule has 1 saturated heterocycles. The van der Waals surface area contributed by atoms with Crippen LogP contribution in [0.15, 0.2) is 0 Å². The fraction of sp³-hybridized carbons (Fsp3) is 0.889. The molecule has 0 spiro atoms. The zero-order valence-electron chi connectivity index (χ0n) is 7.92. The summed E-state index contributed by atoms with van der Waals surface area (Å²) in [5, 5.41) is 0. The van der Waals surface area contributed by atoms with Gasteiger partial charge in [0.05, 0.1) is 20.3 Å². The Morgan fingerprint density at radius 3 is 2.42 bits per heavy atom. The molecule has 0 atom stereocenters. The maximum Gasteiger partial charge on any atom is 0.316 e. The Hall–Kier alpha value is -0.570. The summed E-state index contributed by atoms with van der Waals surface area (Å²) in [5.41, 5.74) is -0.330. The van der Waals surface area contributed by atoms with Crippen molar-refractivity contribution in [3.8, 4) is 0 Å². The van der Waals surface area contributed by atoms with Gasteiger partial charge < -0.3 is 9.47 Å². The van der Waals surface area contributed by atoms with E-state index in [1.165, 1.54) is 7.11 Å². The highest BCUT2D eigenvalue weighted by molar-refractivity contribution is 5.77. The second-order valence-corrected chi connectivity index (χ2v) is 3.86. The van der Waals surface area contributed by atoms with Gasteiger partial charge in [0.2, 0.25) is 0 Å². The van der Waals surface area contributed by atoms with Gasteiger partial charge in [-0.15, -0.1) is 0 Å². The van der Waals surface area contributed by atoms with Crippen molar-refractivity contribution in [3.05, 3.63) is 0 Å². The van der Waals surface area contributed by atoms with Crippen LogP contribution in [0.3, 0.4) is 0 Å². The Balaban J connectivity index is 2.56. The van der Waals surface area contributed by atoms with E-state index in [1.807, 2.05) is 0 Å². The maximum absolute atomic E-state index is 11.3. The number of carbonyl (C=O) groups excluding carboxylic acids is 1. The molecule has 0 N–H and O–H groups in total. The first-order valence-corrected chi connectivity index (χ1v) is 4.27. The molecule has 0 bridgehead atoms. The van der Waals surface area contributed by atoms with Crippen molar-refractivity contribution in [2.75, 3.05) is 20.3 Å². The summed E-state index contributed by atoms with van der Waals surface area (Å²) in [6, 6.07) is 0. The molecule has 1 aliphatic heterocycles. The lowest BCUT2D eigenvalue weighted by atomic mass is 9.78. The number of hydrogen-bond donors (Lipinski definition) is 0. The predicted molar refractivity (Wildman–Crippen MR) is 44.7 cm³/mol. The summed E-state index contributed by atoms with van der Waals surface area (Å²) >= 11 is 0. The fourth-order valence-electron chi connectivity index (χ4n) is 1.67. The van der Waals surface area contributed by atoms with Crippen molar-refractivity contribution in [3.63, 3.8) is 0 Å². The average molecular weight is 172 g/mol. The maximum atomic E-state index is 11.3. The lowest BCUT2D eigenvalue weighted by Gasteiger charge is -2.39. The number of hydrogen-bond acceptors (Lipinski definition) is 3. The number of ether oxygens (including phenoxy) is 2. The summed E-state index contributed by atoms with van der Waals surface area (Å²) in [4.78, 5) is 11.3. The highest BCUT2D eigenvalue weighted by Crippen LogP contribution is 2.35. The number of carbonyl (C=O) groups is 1. The van der Waals surface area contributed by atoms with Crippen LogP contribution >= 0.6 is 0 Å². The SMILES string of the molecule is COC(=O)C1(CC(C)C)COC1. The molecule has 3 heteroatoms. The Labute approximate surface area is 73.0 Å². The smallest absolute Gasteiger partial charge is 0.316 e. The van der Waals surface area contributed by atoms with Gasteiger partial charge in [-0.25, -0.2) is 0 Å². The zero-order chi connectivity index (χ0) is 9.19. The standard InChI is InChI=1S/C9H16O3/c1-7(2)4-9(5-12-6-9)8(10)11-3/h7H,4-6H2,1-3H3. The van der Waals surface area contributed by atoms with Crippen LogP contribution in [0.5, 0.6) is 0 Å². The number of rotatable bonds is 3. The lowest BCUT2D eigenvalue weighted by molar-refractivity contribution is -0.186. The first-order valence-electron chi connectivity index (χ1n) is 4.27. The van der Waals surface area contributed by atoms with Gasteiger partial charge in [0.15, 0.2) is 0 Å². The first-order chi connectivity index (χ1) is 5.60. The minimum atomic E-state index is -0.330. The van der Waals surface area contributed by atoms with E-state index in [1.54, 1.807) is 0 Å². The van der Waals surface area contributed by atoms with E-state index >= 15 is 0 Å². The molecular formula is C9H16O3. The van der Waals surface area contributed by atoms with Gasteiger partial charge in [0.25, 0.3) is 0 Å². The number of esters is 1. The van der Waals surface area contributed by atoms with Gasteiger partial charge >= 0.3 is 5.97 Å². The summed E-state index contributed by atoms with van der Waals surface area (Å²) in [5.74, 6) is 0.385. The van der Waals surface area contributed by atoms with Gasteiger partial charge in [0.1, 0.15) is 5.41 Å². The topological polar surface area (TPSA) is 35.5 Å². The molecule has 0 aromatic rings. The van der Waals surface area contributed by atoms with E-state index in [4.69, 9.17) is 9.47 Å². The molecular weight excluding hydrogens is 156 g/mol. The Bertz CT molecular complexity index is 171. The normalized spacial score (nSPS) is 20.3. The van der Waals surface area contributed by atoms with Crippen LogP contribution in [-0.4, -0.2) is 26.3 Å². The lowest BCUT2D eigenvalue weighted by Crippen LogP contribution is -2.50. The second kappa shape index (κ2) is 3.44. The molecule has 0 radical (unpaired) electrons. The molecule has 1 heterocycles. The minimum Gasteiger partial charge on any atom is -0.468 e. The highest BCUT2D eigenvalue weighted by Gasteiger charge is 2.47. The van der Waals surface area contributed by atoms with Crippen LogP contribution < -0.4 is 0 Å². The largest absolute Gasteiger partial charge is 0.468 e. The molecule has 0 aromatic carbocycles. The first kappa shape index (κ1) is 9.52. The highest BCUT2D eigenvalue weighted by atomic mass is 16.5. The second-order valence-electron chi connectivity index (χ2n) is 3.86. The van der Waals surface area contributed by atoms with E-state index in [2.05, 4.69) is 13.8 Å². The van der Waals surface area contributed by atoms with E-state index in [-0.39, 0.29) is 11.4 Å². The van der Waals surface area contributed by atoms with Crippen LogP contribution in [0, 0.1) is 11.3 Å². The molecule has 0 saturated carbocycles. The van der Waals surface area contributed by atoms with Gasteiger partial charge in [-0.3, -0.25) is 4.79 Å². The third-order valence-electron chi connectivity index (χ3n) is 2.17. The van der Waals surface area contributed by atoms with Crippen molar-refractivity contribution in [2.45, 2.75) is 20.3 Å². The molecule has 12 heavy (non-hydrogen) atoms. The van der Waals surface area contributed by atoms with E-state index in [0.29, 0.717) is 19.1 Å². The summed E-state index contributed by atoms with van der Waals surface area (Å²) in [7, 11) is 1.43. The molecule has 1 fully saturated rings. The van der Waals surface area contributed by atoms with Crippen LogP contribution in [0.4, 0.5) is 0 Å². The Morgan fingerprint density at radius 2 is 2.17 bits per heavy atom. The van der Waals surface area contributed by atoms with Crippen molar-refractivity contribution in [2.24, 2.45) is 11.3 Å². The fourth-order valence-corrected chi connectivity index (χ4v) is 1.67. The summed E-state index contributed by atoms with van der Waals surface area (Å²) in [6.07, 6.45) is 0.861. The molecule has 70 valence electrons. The third kappa shape index (κ3) is 1.61. The monoisotopic (exact) mass is 172 g/mol. The van der Waals surface area contributed by atoms with Crippen LogP contribution in [0.25, 0.3) is 0 Å². The van der Waals surface area contributed by atoms with Gasteiger partial charge in [-0.1, -0.05) is 13.8 Å².